The molecule has 2 N–H and O–H groups in total. The highest BCUT2D eigenvalue weighted by Crippen LogP contribution is 2.33. The molecule has 3 rings (SSSR count). The molecular weight excluding hydrogens is 414 g/mol. The normalized spacial score (nSPS) is 12.4. The quantitative estimate of drug-likeness (QED) is 0.651. The minimum absolute atomic E-state index is 0.127. The average molecular weight is 444 g/mol. The van der Waals surface area contributed by atoms with Crippen molar-refractivity contribution in [2.75, 3.05) is 46.8 Å². The lowest BCUT2D eigenvalue weighted by Gasteiger charge is -2.29. The predicted molar refractivity (Wildman–Crippen MR) is 120 cm³/mol. The Balaban J connectivity index is 1.52. The Kier molecular flexibility index (Phi) is 7.64. The van der Waals surface area contributed by atoms with Crippen LogP contribution in [0.15, 0.2) is 30.3 Å². The number of anilines is 1. The number of nitrogens with zero attached hydrogens (tertiary/aromatic N) is 1. The number of amides is 3. The van der Waals surface area contributed by atoms with Gasteiger partial charge in [-0.25, -0.2) is 4.79 Å². The maximum Gasteiger partial charge on any atom is 0.317 e. The van der Waals surface area contributed by atoms with Crippen molar-refractivity contribution in [1.29, 1.82) is 0 Å². The summed E-state index contributed by atoms with van der Waals surface area (Å²) >= 11 is 0. The molecule has 0 fully saturated rings. The first-order valence-electron chi connectivity index (χ1n) is 10.3. The van der Waals surface area contributed by atoms with Gasteiger partial charge in [0.15, 0.2) is 11.5 Å². The Labute approximate surface area is 187 Å². The largest absolute Gasteiger partial charge is 0.497 e. The molecule has 0 unspecified atom stereocenters. The van der Waals surface area contributed by atoms with Gasteiger partial charge in [-0.3, -0.25) is 4.79 Å². The van der Waals surface area contributed by atoms with Gasteiger partial charge < -0.3 is 34.5 Å². The number of ether oxygens (including phenoxy) is 4. The van der Waals surface area contributed by atoms with Crippen LogP contribution in [0.3, 0.4) is 0 Å². The average Bonchev–Trinajstić information content (AvgIpc) is 2.82. The molecule has 0 aliphatic carbocycles. The van der Waals surface area contributed by atoms with E-state index in [4.69, 9.17) is 18.9 Å². The molecule has 0 saturated heterocycles. The number of urea groups is 1. The molecule has 9 heteroatoms. The monoisotopic (exact) mass is 443 g/mol. The molecule has 2 aromatic carbocycles. The summed E-state index contributed by atoms with van der Waals surface area (Å²) in [6, 6.07) is 8.80. The lowest BCUT2D eigenvalue weighted by atomic mass is 9.99. The van der Waals surface area contributed by atoms with Crippen molar-refractivity contribution in [1.82, 2.24) is 10.2 Å². The number of methoxy groups -OCH3 is 4. The van der Waals surface area contributed by atoms with Gasteiger partial charge in [-0.05, 0) is 41.8 Å². The summed E-state index contributed by atoms with van der Waals surface area (Å²) in [5.41, 5.74) is 2.67. The summed E-state index contributed by atoms with van der Waals surface area (Å²) < 4.78 is 21.2. The Morgan fingerprint density at radius 1 is 0.906 bits per heavy atom. The summed E-state index contributed by atoms with van der Waals surface area (Å²) in [7, 11) is 6.27. The van der Waals surface area contributed by atoms with E-state index < -0.39 is 0 Å². The van der Waals surface area contributed by atoms with Gasteiger partial charge in [0.25, 0.3) is 0 Å². The zero-order valence-corrected chi connectivity index (χ0v) is 18.8. The summed E-state index contributed by atoms with van der Waals surface area (Å²) in [5.74, 6) is 2.22. The molecule has 0 radical (unpaired) electrons. The summed E-state index contributed by atoms with van der Waals surface area (Å²) in [6.45, 7) is 1.27. The topological polar surface area (TPSA) is 98.4 Å². The Bertz CT molecular complexity index is 978. The summed E-state index contributed by atoms with van der Waals surface area (Å²) in [5, 5.41) is 5.61. The molecule has 1 heterocycles. The first-order valence-corrected chi connectivity index (χ1v) is 10.3. The van der Waals surface area contributed by atoms with Gasteiger partial charge >= 0.3 is 6.03 Å². The first kappa shape index (κ1) is 23.1. The van der Waals surface area contributed by atoms with Crippen LogP contribution in [-0.2, 0) is 17.8 Å². The second kappa shape index (κ2) is 10.6. The number of fused-ring (bicyclic) bond motifs is 1. The van der Waals surface area contributed by atoms with E-state index in [0.717, 1.165) is 17.5 Å². The molecule has 172 valence electrons. The van der Waals surface area contributed by atoms with E-state index in [1.807, 2.05) is 12.1 Å². The van der Waals surface area contributed by atoms with Crippen molar-refractivity contribution < 1.29 is 28.5 Å². The second-order valence-electron chi connectivity index (χ2n) is 7.24. The van der Waals surface area contributed by atoms with E-state index in [9.17, 15) is 9.59 Å². The van der Waals surface area contributed by atoms with Crippen LogP contribution in [0.25, 0.3) is 0 Å². The molecule has 9 nitrogen and oxygen atoms in total. The minimum Gasteiger partial charge on any atom is -0.497 e. The highest BCUT2D eigenvalue weighted by atomic mass is 16.5. The fourth-order valence-electron chi connectivity index (χ4n) is 3.58. The zero-order chi connectivity index (χ0) is 23.1. The van der Waals surface area contributed by atoms with Gasteiger partial charge in [0.1, 0.15) is 11.5 Å². The smallest absolute Gasteiger partial charge is 0.317 e. The van der Waals surface area contributed by atoms with Crippen LogP contribution in [0.1, 0.15) is 17.5 Å². The molecule has 0 saturated carbocycles. The standard InChI is InChI=1S/C23H29N3O6/c1-29-17-5-6-19(30-2)18(13-17)25-22(27)7-9-24-23(28)26-10-8-15-11-20(31-3)21(32-4)12-16(15)14-26/h5-6,11-13H,7-10,14H2,1-4H3,(H,24,28)(H,25,27). The van der Waals surface area contributed by atoms with Crippen LogP contribution in [0.2, 0.25) is 0 Å². The van der Waals surface area contributed by atoms with Crippen LogP contribution in [-0.4, -0.2) is 58.4 Å². The first-order chi connectivity index (χ1) is 15.5. The number of nitrogens with one attached hydrogen (secondary N) is 2. The van der Waals surface area contributed by atoms with E-state index in [1.165, 1.54) is 7.11 Å². The number of benzene rings is 2. The van der Waals surface area contributed by atoms with Crippen molar-refractivity contribution in [3.8, 4) is 23.0 Å². The van der Waals surface area contributed by atoms with Crippen LogP contribution in [0.4, 0.5) is 10.5 Å². The highest BCUT2D eigenvalue weighted by Gasteiger charge is 2.23. The second-order valence-corrected chi connectivity index (χ2v) is 7.24. The molecule has 0 atom stereocenters. The van der Waals surface area contributed by atoms with Crippen LogP contribution < -0.4 is 29.6 Å². The molecule has 0 aromatic heterocycles. The molecule has 3 amide bonds. The van der Waals surface area contributed by atoms with Gasteiger partial charge in [-0.15, -0.1) is 0 Å². The lowest BCUT2D eigenvalue weighted by Crippen LogP contribution is -2.43. The SMILES string of the molecule is COc1ccc(OC)c(NC(=O)CCNC(=O)N2CCc3cc(OC)c(OC)cc3C2)c1. The lowest BCUT2D eigenvalue weighted by molar-refractivity contribution is -0.116. The third kappa shape index (κ3) is 5.35. The van der Waals surface area contributed by atoms with Crippen molar-refractivity contribution in [2.45, 2.75) is 19.4 Å². The van der Waals surface area contributed by atoms with Crippen molar-refractivity contribution in [3.63, 3.8) is 0 Å². The van der Waals surface area contributed by atoms with Gasteiger partial charge in [-0.1, -0.05) is 0 Å². The van der Waals surface area contributed by atoms with E-state index in [2.05, 4.69) is 10.6 Å². The van der Waals surface area contributed by atoms with E-state index in [-0.39, 0.29) is 24.9 Å². The maximum atomic E-state index is 12.6. The van der Waals surface area contributed by atoms with Gasteiger partial charge in [0.2, 0.25) is 5.91 Å². The fraction of sp³-hybridized carbons (Fsp3) is 0.391. The van der Waals surface area contributed by atoms with Crippen LogP contribution in [0, 0.1) is 0 Å². The van der Waals surface area contributed by atoms with E-state index >= 15 is 0 Å². The third-order valence-corrected chi connectivity index (χ3v) is 5.31. The molecule has 1 aliphatic heterocycles. The molecule has 0 spiro atoms. The van der Waals surface area contributed by atoms with Crippen molar-refractivity contribution in [3.05, 3.63) is 41.5 Å². The molecule has 32 heavy (non-hydrogen) atoms. The zero-order valence-electron chi connectivity index (χ0n) is 18.8. The number of carbonyl (C=O) groups excluding carboxylic acids is 2. The molecule has 2 aromatic rings. The van der Waals surface area contributed by atoms with Gasteiger partial charge in [0, 0.05) is 32.1 Å². The van der Waals surface area contributed by atoms with Crippen LogP contribution in [0.5, 0.6) is 23.0 Å². The van der Waals surface area contributed by atoms with Gasteiger partial charge in [0.05, 0.1) is 34.1 Å². The number of carbonyl (C=O) groups is 2. The Morgan fingerprint density at radius 3 is 2.25 bits per heavy atom. The predicted octanol–water partition coefficient (Wildman–Crippen LogP) is 2.82. The Morgan fingerprint density at radius 2 is 1.59 bits per heavy atom. The molecule has 1 aliphatic rings. The maximum absolute atomic E-state index is 12.6. The van der Waals surface area contributed by atoms with E-state index in [0.29, 0.717) is 41.8 Å². The van der Waals surface area contributed by atoms with E-state index in [1.54, 1.807) is 44.4 Å². The highest BCUT2D eigenvalue weighted by molar-refractivity contribution is 5.93. The summed E-state index contributed by atoms with van der Waals surface area (Å²) in [4.78, 5) is 26.7. The van der Waals surface area contributed by atoms with Crippen molar-refractivity contribution >= 4 is 17.6 Å². The van der Waals surface area contributed by atoms with Crippen LogP contribution >= 0.6 is 0 Å². The third-order valence-electron chi connectivity index (χ3n) is 5.31. The minimum atomic E-state index is -0.238. The number of hydrogen-bond acceptors (Lipinski definition) is 6. The van der Waals surface area contributed by atoms with Gasteiger partial charge in [-0.2, -0.15) is 0 Å². The molecule has 0 bridgehead atoms. The van der Waals surface area contributed by atoms with Crippen molar-refractivity contribution in [2.24, 2.45) is 0 Å². The summed E-state index contributed by atoms with van der Waals surface area (Å²) in [6.07, 6.45) is 0.848. The Hall–Kier alpha value is -3.62. The number of hydrogen-bond donors (Lipinski definition) is 2. The fourth-order valence-corrected chi connectivity index (χ4v) is 3.58. The number of rotatable bonds is 8. The molecular formula is C23H29N3O6.